The molecule has 1 aromatic carbocycles. The van der Waals surface area contributed by atoms with Crippen LogP contribution in [-0.2, 0) is 0 Å². The van der Waals surface area contributed by atoms with Crippen molar-refractivity contribution in [2.45, 2.75) is 0 Å². The fourth-order valence-corrected chi connectivity index (χ4v) is 1.53. The molecule has 0 radical (unpaired) electrons. The van der Waals surface area contributed by atoms with Crippen LogP contribution >= 0.6 is 11.6 Å². The van der Waals surface area contributed by atoms with Gasteiger partial charge in [0, 0.05) is 5.69 Å². The lowest BCUT2D eigenvalue weighted by atomic mass is 10.1. The van der Waals surface area contributed by atoms with Crippen molar-refractivity contribution in [2.75, 3.05) is 11.1 Å². The van der Waals surface area contributed by atoms with Crippen molar-refractivity contribution in [3.05, 3.63) is 53.2 Å². The molecule has 3 N–H and O–H groups in total. The van der Waals surface area contributed by atoms with Gasteiger partial charge in [-0.05, 0) is 24.3 Å². The van der Waals surface area contributed by atoms with Gasteiger partial charge in [0.1, 0.15) is 11.0 Å². The first kappa shape index (κ1) is 11.4. The Hall–Kier alpha value is -2.07. The highest BCUT2D eigenvalue weighted by atomic mass is 35.5. The summed E-state index contributed by atoms with van der Waals surface area (Å²) < 4.78 is 0. The molecule has 5 heteroatoms. The SMILES string of the molecule is Nc1ccccc1C(=O)Nc1cccc(Cl)n1. The van der Waals surface area contributed by atoms with Crippen molar-refractivity contribution in [2.24, 2.45) is 0 Å². The lowest BCUT2D eigenvalue weighted by molar-refractivity contribution is 0.102. The summed E-state index contributed by atoms with van der Waals surface area (Å²) in [7, 11) is 0. The number of para-hydroxylation sites is 1. The van der Waals surface area contributed by atoms with Crippen LogP contribution in [0.1, 0.15) is 10.4 Å². The Kier molecular flexibility index (Phi) is 3.25. The average molecular weight is 248 g/mol. The number of anilines is 2. The second-order valence-corrected chi connectivity index (χ2v) is 3.77. The monoisotopic (exact) mass is 247 g/mol. The molecule has 0 spiro atoms. The zero-order chi connectivity index (χ0) is 12.3. The van der Waals surface area contributed by atoms with Gasteiger partial charge in [-0.1, -0.05) is 29.8 Å². The number of benzene rings is 1. The zero-order valence-electron chi connectivity index (χ0n) is 8.85. The standard InChI is InChI=1S/C12H10ClN3O/c13-10-6-3-7-11(15-10)16-12(17)8-4-1-2-5-9(8)14/h1-7H,14H2,(H,15,16,17). The highest BCUT2D eigenvalue weighted by Crippen LogP contribution is 2.14. The Balaban J connectivity index is 2.20. The maximum atomic E-state index is 11.9. The summed E-state index contributed by atoms with van der Waals surface area (Å²) in [6.07, 6.45) is 0. The molecule has 4 nitrogen and oxygen atoms in total. The number of halogens is 1. The maximum absolute atomic E-state index is 11.9. The number of rotatable bonds is 2. The summed E-state index contributed by atoms with van der Waals surface area (Å²) in [5.74, 6) is 0.0867. The number of pyridine rings is 1. The number of carbonyl (C=O) groups excluding carboxylic acids is 1. The van der Waals surface area contributed by atoms with E-state index < -0.39 is 0 Å². The summed E-state index contributed by atoms with van der Waals surface area (Å²) >= 11 is 5.72. The summed E-state index contributed by atoms with van der Waals surface area (Å²) in [5, 5.41) is 2.95. The van der Waals surface area contributed by atoms with Gasteiger partial charge in [-0.25, -0.2) is 4.98 Å². The molecule has 0 aliphatic heterocycles. The Bertz CT molecular complexity index is 557. The third-order valence-corrected chi connectivity index (χ3v) is 2.37. The largest absolute Gasteiger partial charge is 0.398 e. The number of nitrogens with zero attached hydrogens (tertiary/aromatic N) is 1. The van der Waals surface area contributed by atoms with Gasteiger partial charge in [0.2, 0.25) is 0 Å². The molecule has 86 valence electrons. The van der Waals surface area contributed by atoms with Crippen molar-refractivity contribution in [3.8, 4) is 0 Å². The van der Waals surface area contributed by atoms with Crippen LogP contribution in [0.15, 0.2) is 42.5 Å². The van der Waals surface area contributed by atoms with E-state index >= 15 is 0 Å². The fourth-order valence-electron chi connectivity index (χ4n) is 1.37. The van der Waals surface area contributed by atoms with Gasteiger partial charge in [-0.3, -0.25) is 4.79 Å². The van der Waals surface area contributed by atoms with E-state index in [2.05, 4.69) is 10.3 Å². The first-order valence-electron chi connectivity index (χ1n) is 4.95. The Morgan fingerprint density at radius 3 is 2.65 bits per heavy atom. The van der Waals surface area contributed by atoms with E-state index in [1.54, 1.807) is 42.5 Å². The predicted molar refractivity (Wildman–Crippen MR) is 68.1 cm³/mol. The van der Waals surface area contributed by atoms with Gasteiger partial charge in [-0.15, -0.1) is 0 Å². The lowest BCUT2D eigenvalue weighted by Crippen LogP contribution is -2.14. The summed E-state index contributed by atoms with van der Waals surface area (Å²) in [5.41, 5.74) is 6.53. The van der Waals surface area contributed by atoms with Crippen LogP contribution < -0.4 is 11.1 Å². The second kappa shape index (κ2) is 4.84. The smallest absolute Gasteiger partial charge is 0.258 e. The van der Waals surface area contributed by atoms with Crippen LogP contribution in [0.3, 0.4) is 0 Å². The van der Waals surface area contributed by atoms with E-state index in [1.165, 1.54) is 0 Å². The Morgan fingerprint density at radius 2 is 1.94 bits per heavy atom. The van der Waals surface area contributed by atoms with Gasteiger partial charge in [0.25, 0.3) is 5.91 Å². The van der Waals surface area contributed by atoms with E-state index in [-0.39, 0.29) is 5.91 Å². The third kappa shape index (κ3) is 2.73. The highest BCUT2D eigenvalue weighted by molar-refractivity contribution is 6.29. The molecule has 1 amide bonds. The van der Waals surface area contributed by atoms with Gasteiger partial charge in [0.05, 0.1) is 5.56 Å². The molecule has 0 saturated carbocycles. The van der Waals surface area contributed by atoms with E-state index in [4.69, 9.17) is 17.3 Å². The molecule has 1 heterocycles. The van der Waals surface area contributed by atoms with Crippen LogP contribution in [0.4, 0.5) is 11.5 Å². The van der Waals surface area contributed by atoms with Gasteiger partial charge in [-0.2, -0.15) is 0 Å². The minimum atomic E-state index is -0.308. The van der Waals surface area contributed by atoms with Crippen molar-refractivity contribution >= 4 is 29.0 Å². The van der Waals surface area contributed by atoms with E-state index in [1.807, 2.05) is 0 Å². The highest BCUT2D eigenvalue weighted by Gasteiger charge is 2.09. The fraction of sp³-hybridized carbons (Fsp3) is 0. The summed E-state index contributed by atoms with van der Waals surface area (Å²) in [6.45, 7) is 0. The molecule has 17 heavy (non-hydrogen) atoms. The molecule has 0 saturated heterocycles. The van der Waals surface area contributed by atoms with Crippen LogP contribution in [0.5, 0.6) is 0 Å². The van der Waals surface area contributed by atoms with Crippen molar-refractivity contribution < 1.29 is 4.79 Å². The molecule has 0 bridgehead atoms. The summed E-state index contributed by atoms with van der Waals surface area (Å²) in [4.78, 5) is 15.8. The van der Waals surface area contributed by atoms with Crippen molar-refractivity contribution in [3.63, 3.8) is 0 Å². The molecular formula is C12H10ClN3O. The Morgan fingerprint density at radius 1 is 1.18 bits per heavy atom. The topological polar surface area (TPSA) is 68.0 Å². The molecule has 1 aromatic heterocycles. The third-order valence-electron chi connectivity index (χ3n) is 2.16. The number of nitrogen functional groups attached to an aromatic ring is 1. The van der Waals surface area contributed by atoms with Crippen molar-refractivity contribution in [1.29, 1.82) is 0 Å². The van der Waals surface area contributed by atoms with E-state index in [0.29, 0.717) is 22.2 Å². The average Bonchev–Trinajstić information content (AvgIpc) is 2.29. The number of hydrogen-bond donors (Lipinski definition) is 2. The van der Waals surface area contributed by atoms with Crippen molar-refractivity contribution in [1.82, 2.24) is 4.98 Å². The molecule has 2 aromatic rings. The number of carbonyl (C=O) groups is 1. The number of aromatic nitrogens is 1. The van der Waals surface area contributed by atoms with E-state index in [9.17, 15) is 4.79 Å². The summed E-state index contributed by atoms with van der Waals surface area (Å²) in [6, 6.07) is 11.8. The molecule has 0 atom stereocenters. The molecular weight excluding hydrogens is 238 g/mol. The molecule has 0 aliphatic carbocycles. The number of nitrogens with one attached hydrogen (secondary N) is 1. The Labute approximate surface area is 103 Å². The van der Waals surface area contributed by atoms with Crippen LogP contribution in [0.25, 0.3) is 0 Å². The number of amides is 1. The van der Waals surface area contributed by atoms with Crippen LogP contribution in [0.2, 0.25) is 5.15 Å². The van der Waals surface area contributed by atoms with Crippen LogP contribution in [-0.4, -0.2) is 10.9 Å². The van der Waals surface area contributed by atoms with E-state index in [0.717, 1.165) is 0 Å². The zero-order valence-corrected chi connectivity index (χ0v) is 9.61. The van der Waals surface area contributed by atoms with Crippen LogP contribution in [0, 0.1) is 0 Å². The minimum Gasteiger partial charge on any atom is -0.398 e. The predicted octanol–water partition coefficient (Wildman–Crippen LogP) is 2.57. The van der Waals surface area contributed by atoms with Gasteiger partial charge >= 0.3 is 0 Å². The lowest BCUT2D eigenvalue weighted by Gasteiger charge is -2.06. The number of hydrogen-bond acceptors (Lipinski definition) is 3. The van der Waals surface area contributed by atoms with Gasteiger partial charge < -0.3 is 11.1 Å². The maximum Gasteiger partial charge on any atom is 0.258 e. The molecule has 0 fully saturated rings. The quantitative estimate of drug-likeness (QED) is 0.633. The molecule has 0 aliphatic rings. The first-order chi connectivity index (χ1) is 8.16. The van der Waals surface area contributed by atoms with Gasteiger partial charge in [0.15, 0.2) is 0 Å². The first-order valence-corrected chi connectivity index (χ1v) is 5.33. The normalized spacial score (nSPS) is 9.94. The minimum absolute atomic E-state index is 0.308. The molecule has 0 unspecified atom stereocenters. The molecule has 2 rings (SSSR count). The second-order valence-electron chi connectivity index (χ2n) is 3.39. The number of nitrogens with two attached hydrogens (primary N) is 1.